The number of para-hydroxylation sites is 2. The first kappa shape index (κ1) is 29.6. The van der Waals surface area contributed by atoms with E-state index in [0.717, 1.165) is 50.2 Å². The monoisotopic (exact) mass is 676 g/mol. The molecule has 248 valence electrons. The van der Waals surface area contributed by atoms with Gasteiger partial charge in [-0.1, -0.05) is 133 Å². The standard InChI is InChI=1S/C50H32N2O/c1-3-13-33(14-4-1)38-28-29-46(41-20-10-9-19-40(38)41)51(37-25-27-44-49(32-37)53-48-30-23-34-15-7-8-18-39(34)50(44)48)36-24-26-43-42-21-11-12-22-45(42)52(47(43)31-36)35-16-5-2-6-17-35/h1-32H. The van der Waals surface area contributed by atoms with E-state index in [1.165, 1.54) is 49.0 Å². The van der Waals surface area contributed by atoms with E-state index >= 15 is 0 Å². The highest BCUT2D eigenvalue weighted by molar-refractivity contribution is 6.19. The second-order valence-corrected chi connectivity index (χ2v) is 13.7. The van der Waals surface area contributed by atoms with Gasteiger partial charge in [-0.25, -0.2) is 0 Å². The third-order valence-corrected chi connectivity index (χ3v) is 10.8. The van der Waals surface area contributed by atoms with Crippen molar-refractivity contribution >= 4 is 82.4 Å². The van der Waals surface area contributed by atoms with E-state index in [1.54, 1.807) is 0 Å². The van der Waals surface area contributed by atoms with E-state index in [9.17, 15) is 0 Å². The minimum Gasteiger partial charge on any atom is -0.456 e. The van der Waals surface area contributed by atoms with Crippen molar-refractivity contribution in [3.8, 4) is 16.8 Å². The van der Waals surface area contributed by atoms with E-state index in [2.05, 4.69) is 204 Å². The molecule has 0 saturated carbocycles. The summed E-state index contributed by atoms with van der Waals surface area (Å²) in [5.41, 5.74) is 10.8. The van der Waals surface area contributed by atoms with Crippen LogP contribution >= 0.6 is 0 Å². The van der Waals surface area contributed by atoms with E-state index < -0.39 is 0 Å². The number of aromatic nitrogens is 1. The number of benzene rings is 9. The fourth-order valence-corrected chi connectivity index (χ4v) is 8.40. The van der Waals surface area contributed by atoms with Crippen LogP contribution in [0.1, 0.15) is 0 Å². The molecule has 0 bridgehead atoms. The maximum atomic E-state index is 6.64. The van der Waals surface area contributed by atoms with Crippen LogP contribution in [0.4, 0.5) is 17.1 Å². The Balaban J connectivity index is 1.20. The minimum atomic E-state index is 0.864. The van der Waals surface area contributed by atoms with Crippen molar-refractivity contribution in [2.75, 3.05) is 4.90 Å². The topological polar surface area (TPSA) is 21.3 Å². The lowest BCUT2D eigenvalue weighted by Gasteiger charge is -2.28. The van der Waals surface area contributed by atoms with Crippen LogP contribution in [-0.2, 0) is 0 Å². The quantitative estimate of drug-likeness (QED) is 0.181. The highest BCUT2D eigenvalue weighted by Crippen LogP contribution is 2.45. The molecule has 3 heteroatoms. The summed E-state index contributed by atoms with van der Waals surface area (Å²) in [7, 11) is 0. The van der Waals surface area contributed by atoms with Crippen LogP contribution in [0, 0.1) is 0 Å². The molecule has 0 amide bonds. The lowest BCUT2D eigenvalue weighted by molar-refractivity contribution is 0.669. The van der Waals surface area contributed by atoms with Gasteiger partial charge in [0.05, 0.1) is 16.7 Å². The Morgan fingerprint density at radius 3 is 1.87 bits per heavy atom. The molecule has 0 saturated heterocycles. The zero-order chi connectivity index (χ0) is 34.9. The fourth-order valence-electron chi connectivity index (χ4n) is 8.40. The summed E-state index contributed by atoms with van der Waals surface area (Å²) in [4.78, 5) is 2.40. The number of fused-ring (bicyclic) bond motifs is 9. The number of furan rings is 1. The average Bonchev–Trinajstić information content (AvgIpc) is 3.77. The molecule has 9 aromatic carbocycles. The summed E-state index contributed by atoms with van der Waals surface area (Å²) in [5.74, 6) is 0. The molecule has 0 aliphatic carbocycles. The smallest absolute Gasteiger partial charge is 0.137 e. The zero-order valence-electron chi connectivity index (χ0n) is 28.8. The maximum Gasteiger partial charge on any atom is 0.137 e. The molecule has 2 heterocycles. The van der Waals surface area contributed by atoms with E-state index in [0.29, 0.717) is 0 Å². The molecule has 0 aliphatic heterocycles. The Morgan fingerprint density at radius 1 is 0.396 bits per heavy atom. The second kappa shape index (κ2) is 11.7. The Hall–Kier alpha value is -7.10. The van der Waals surface area contributed by atoms with Crippen molar-refractivity contribution in [3.63, 3.8) is 0 Å². The van der Waals surface area contributed by atoms with E-state index in [4.69, 9.17) is 4.42 Å². The van der Waals surface area contributed by atoms with E-state index in [1.807, 2.05) is 0 Å². The van der Waals surface area contributed by atoms with Gasteiger partial charge in [-0.2, -0.15) is 0 Å². The molecular formula is C50H32N2O. The van der Waals surface area contributed by atoms with Gasteiger partial charge >= 0.3 is 0 Å². The van der Waals surface area contributed by atoms with Gasteiger partial charge in [-0.05, 0) is 81.9 Å². The van der Waals surface area contributed by atoms with Gasteiger partial charge in [-0.3, -0.25) is 0 Å². The third kappa shape index (κ3) is 4.61. The SMILES string of the molecule is c1ccc(-c2ccc(N(c3ccc4c(c3)oc3ccc5ccccc5c34)c3ccc4c5ccccc5n(-c5ccccc5)c4c3)c3ccccc23)cc1. The number of nitrogens with zero attached hydrogens (tertiary/aromatic N) is 2. The highest BCUT2D eigenvalue weighted by atomic mass is 16.3. The van der Waals surface area contributed by atoms with Crippen molar-refractivity contribution in [3.05, 3.63) is 194 Å². The molecule has 0 aliphatic rings. The molecule has 11 aromatic rings. The van der Waals surface area contributed by atoms with Gasteiger partial charge in [-0.15, -0.1) is 0 Å². The van der Waals surface area contributed by atoms with Gasteiger partial charge in [0.1, 0.15) is 11.2 Å². The number of hydrogen-bond donors (Lipinski definition) is 0. The van der Waals surface area contributed by atoms with Crippen LogP contribution in [0.3, 0.4) is 0 Å². The van der Waals surface area contributed by atoms with Crippen molar-refractivity contribution < 1.29 is 4.42 Å². The highest BCUT2D eigenvalue weighted by Gasteiger charge is 2.21. The molecule has 3 nitrogen and oxygen atoms in total. The molecule has 0 spiro atoms. The normalized spacial score (nSPS) is 11.8. The van der Waals surface area contributed by atoms with Crippen LogP contribution in [0.2, 0.25) is 0 Å². The van der Waals surface area contributed by atoms with Gasteiger partial charge in [0, 0.05) is 50.1 Å². The van der Waals surface area contributed by atoms with Crippen LogP contribution in [0.5, 0.6) is 0 Å². The molecule has 0 fully saturated rings. The lowest BCUT2D eigenvalue weighted by Crippen LogP contribution is -2.11. The first-order valence-corrected chi connectivity index (χ1v) is 18.1. The Bertz CT molecular complexity index is 3170. The number of hydrogen-bond acceptors (Lipinski definition) is 2. The summed E-state index contributed by atoms with van der Waals surface area (Å²) in [6, 6.07) is 69.7. The molecule has 0 radical (unpaired) electrons. The molecular weight excluding hydrogens is 645 g/mol. The number of anilines is 3. The predicted molar refractivity (Wildman–Crippen MR) is 223 cm³/mol. The summed E-state index contributed by atoms with van der Waals surface area (Å²) >= 11 is 0. The lowest BCUT2D eigenvalue weighted by atomic mass is 9.96. The second-order valence-electron chi connectivity index (χ2n) is 13.7. The summed E-state index contributed by atoms with van der Waals surface area (Å²) in [6.45, 7) is 0. The fraction of sp³-hybridized carbons (Fsp3) is 0. The summed E-state index contributed by atoms with van der Waals surface area (Å²) in [5, 5.41) is 9.52. The molecule has 0 unspecified atom stereocenters. The molecule has 2 aromatic heterocycles. The molecule has 0 N–H and O–H groups in total. The average molecular weight is 677 g/mol. The Labute approximate surface area is 306 Å². The molecule has 53 heavy (non-hydrogen) atoms. The van der Waals surface area contributed by atoms with Crippen molar-refractivity contribution in [1.29, 1.82) is 0 Å². The van der Waals surface area contributed by atoms with Crippen molar-refractivity contribution in [1.82, 2.24) is 4.57 Å². The van der Waals surface area contributed by atoms with Crippen molar-refractivity contribution in [2.45, 2.75) is 0 Å². The third-order valence-electron chi connectivity index (χ3n) is 10.8. The van der Waals surface area contributed by atoms with Crippen LogP contribution in [-0.4, -0.2) is 4.57 Å². The zero-order valence-corrected chi connectivity index (χ0v) is 28.8. The summed E-state index contributed by atoms with van der Waals surface area (Å²) < 4.78 is 9.03. The first-order valence-electron chi connectivity index (χ1n) is 18.1. The van der Waals surface area contributed by atoms with Gasteiger partial charge in [0.15, 0.2) is 0 Å². The first-order chi connectivity index (χ1) is 26.3. The van der Waals surface area contributed by atoms with Crippen molar-refractivity contribution in [2.24, 2.45) is 0 Å². The largest absolute Gasteiger partial charge is 0.456 e. The minimum absolute atomic E-state index is 0.864. The van der Waals surface area contributed by atoms with Gasteiger partial charge in [0.25, 0.3) is 0 Å². The van der Waals surface area contributed by atoms with Crippen LogP contribution in [0.15, 0.2) is 199 Å². The van der Waals surface area contributed by atoms with Gasteiger partial charge in [0.2, 0.25) is 0 Å². The number of rotatable bonds is 5. The van der Waals surface area contributed by atoms with Gasteiger partial charge < -0.3 is 13.9 Å². The van der Waals surface area contributed by atoms with E-state index in [-0.39, 0.29) is 0 Å². The van der Waals surface area contributed by atoms with Crippen LogP contribution < -0.4 is 4.90 Å². The predicted octanol–water partition coefficient (Wildman–Crippen LogP) is 14.1. The summed E-state index contributed by atoms with van der Waals surface area (Å²) in [6.07, 6.45) is 0. The Morgan fingerprint density at radius 2 is 1.04 bits per heavy atom. The van der Waals surface area contributed by atoms with Crippen LogP contribution in [0.25, 0.3) is 82.1 Å². The Kier molecular flexibility index (Phi) is 6.55. The molecule has 11 rings (SSSR count). The molecule has 0 atom stereocenters. The maximum absolute atomic E-state index is 6.64.